The number of hydrogen-bond donors (Lipinski definition) is 0. The summed E-state index contributed by atoms with van der Waals surface area (Å²) >= 11 is 0. The van der Waals surface area contributed by atoms with E-state index >= 15 is 0 Å². The number of sulfonamides is 1. The number of anilines is 2. The average molecular weight is 386 g/mol. The molecule has 0 atom stereocenters. The molecule has 4 rings (SSSR count). The van der Waals surface area contributed by atoms with Gasteiger partial charge in [-0.2, -0.15) is 0 Å². The zero-order chi connectivity index (χ0) is 19.0. The molecule has 1 fully saturated rings. The van der Waals surface area contributed by atoms with Gasteiger partial charge in [0.2, 0.25) is 5.91 Å². The van der Waals surface area contributed by atoms with Gasteiger partial charge in [-0.15, -0.1) is 0 Å². The summed E-state index contributed by atoms with van der Waals surface area (Å²) in [5.74, 6) is 0.306. The van der Waals surface area contributed by atoms with Gasteiger partial charge in [0.25, 0.3) is 10.0 Å². The molecule has 0 aromatic heterocycles. The highest BCUT2D eigenvalue weighted by atomic mass is 32.2. The van der Waals surface area contributed by atoms with Crippen molar-refractivity contribution in [3.8, 4) is 5.75 Å². The Morgan fingerprint density at radius 2 is 1.78 bits per heavy atom. The highest BCUT2D eigenvalue weighted by Crippen LogP contribution is 2.37. The van der Waals surface area contributed by atoms with E-state index in [0.717, 1.165) is 24.8 Å². The third-order valence-corrected chi connectivity index (χ3v) is 7.00. The van der Waals surface area contributed by atoms with E-state index < -0.39 is 10.0 Å². The maximum absolute atomic E-state index is 13.5. The molecule has 1 saturated heterocycles. The van der Waals surface area contributed by atoms with E-state index in [4.69, 9.17) is 4.74 Å². The van der Waals surface area contributed by atoms with Gasteiger partial charge in [0.05, 0.1) is 12.8 Å². The van der Waals surface area contributed by atoms with E-state index in [1.54, 1.807) is 23.1 Å². The number of methoxy groups -OCH3 is 1. The second kappa shape index (κ2) is 6.88. The second-order valence-corrected chi connectivity index (χ2v) is 8.62. The van der Waals surface area contributed by atoms with Crippen LogP contribution in [0.25, 0.3) is 0 Å². The first kappa shape index (κ1) is 17.9. The Bertz CT molecular complexity index is 987. The Kier molecular flexibility index (Phi) is 4.55. The number of para-hydroxylation sites is 1. The van der Waals surface area contributed by atoms with Gasteiger partial charge in [-0.25, -0.2) is 8.42 Å². The summed E-state index contributed by atoms with van der Waals surface area (Å²) < 4.78 is 33.8. The first-order valence-electron chi connectivity index (χ1n) is 9.11. The predicted octanol–water partition coefficient (Wildman–Crippen LogP) is 2.96. The molecule has 0 bridgehead atoms. The van der Waals surface area contributed by atoms with E-state index in [1.165, 1.54) is 11.4 Å². The predicted molar refractivity (Wildman–Crippen MR) is 104 cm³/mol. The van der Waals surface area contributed by atoms with Crippen molar-refractivity contribution < 1.29 is 17.9 Å². The van der Waals surface area contributed by atoms with Gasteiger partial charge in [0.1, 0.15) is 10.6 Å². The van der Waals surface area contributed by atoms with Gasteiger partial charge in [-0.3, -0.25) is 9.10 Å². The number of fused-ring (bicyclic) bond motifs is 1. The highest BCUT2D eigenvalue weighted by molar-refractivity contribution is 7.93. The Labute approximate surface area is 159 Å². The number of benzene rings is 2. The number of nitrogens with zero attached hydrogens (tertiary/aromatic N) is 2. The maximum Gasteiger partial charge on any atom is 0.268 e. The van der Waals surface area contributed by atoms with Gasteiger partial charge in [-0.1, -0.05) is 18.2 Å². The van der Waals surface area contributed by atoms with Crippen molar-refractivity contribution in [2.75, 3.05) is 29.4 Å². The second-order valence-electron chi connectivity index (χ2n) is 6.79. The smallest absolute Gasteiger partial charge is 0.268 e. The van der Waals surface area contributed by atoms with Crippen molar-refractivity contribution in [3.63, 3.8) is 0 Å². The van der Waals surface area contributed by atoms with Gasteiger partial charge < -0.3 is 9.64 Å². The van der Waals surface area contributed by atoms with E-state index in [2.05, 4.69) is 0 Å². The third-order valence-electron chi connectivity index (χ3n) is 5.17. The molecule has 0 radical (unpaired) electrons. The number of rotatable bonds is 4. The van der Waals surface area contributed by atoms with Crippen LogP contribution in [0.4, 0.5) is 11.4 Å². The van der Waals surface area contributed by atoms with Crippen molar-refractivity contribution in [3.05, 3.63) is 48.0 Å². The van der Waals surface area contributed by atoms with E-state index in [1.807, 2.05) is 24.3 Å². The lowest BCUT2D eigenvalue weighted by Crippen LogP contribution is -2.35. The van der Waals surface area contributed by atoms with Crippen LogP contribution in [0.3, 0.4) is 0 Å². The van der Waals surface area contributed by atoms with Crippen molar-refractivity contribution >= 4 is 27.3 Å². The average Bonchev–Trinajstić information content (AvgIpc) is 3.13. The van der Waals surface area contributed by atoms with E-state index in [0.29, 0.717) is 30.9 Å². The molecule has 2 aromatic carbocycles. The maximum atomic E-state index is 13.5. The summed E-state index contributed by atoms with van der Waals surface area (Å²) in [6, 6.07) is 12.5. The summed E-state index contributed by atoms with van der Waals surface area (Å²) in [6.07, 6.45) is 2.91. The van der Waals surface area contributed by atoms with Gasteiger partial charge in [0, 0.05) is 25.2 Å². The van der Waals surface area contributed by atoms with Crippen molar-refractivity contribution in [1.82, 2.24) is 0 Å². The Morgan fingerprint density at radius 1 is 1.00 bits per heavy atom. The summed E-state index contributed by atoms with van der Waals surface area (Å²) in [7, 11) is -2.36. The third kappa shape index (κ3) is 3.06. The van der Waals surface area contributed by atoms with Gasteiger partial charge >= 0.3 is 0 Å². The minimum Gasteiger partial charge on any atom is -0.495 e. The Hall–Kier alpha value is -2.54. The number of amides is 1. The molecular formula is C20H22N2O4S. The molecule has 2 heterocycles. The first-order chi connectivity index (χ1) is 13.0. The molecule has 0 aliphatic carbocycles. The standard InChI is InChI=1S/C20H22N2O4S/c1-26-18-11-10-16(21-12-5-9-20(21)23)14-19(18)27(24,25)22-13-4-7-15-6-2-3-8-17(15)22/h2-3,6,8,10-11,14H,4-5,7,9,12-13H2,1H3. The summed E-state index contributed by atoms with van der Waals surface area (Å²) in [4.78, 5) is 13.8. The molecule has 2 aromatic rings. The molecule has 0 N–H and O–H groups in total. The minimum absolute atomic E-state index is 0.0202. The largest absolute Gasteiger partial charge is 0.495 e. The van der Waals surface area contributed by atoms with Gasteiger partial charge in [-0.05, 0) is 49.1 Å². The fourth-order valence-corrected chi connectivity index (χ4v) is 5.54. The molecule has 142 valence electrons. The zero-order valence-electron chi connectivity index (χ0n) is 15.2. The number of carbonyl (C=O) groups is 1. The molecule has 2 aliphatic heterocycles. The van der Waals surface area contributed by atoms with Crippen molar-refractivity contribution in [2.24, 2.45) is 0 Å². The molecule has 27 heavy (non-hydrogen) atoms. The van der Waals surface area contributed by atoms with Crippen LogP contribution in [0, 0.1) is 0 Å². The van der Waals surface area contributed by atoms with E-state index in [9.17, 15) is 13.2 Å². The Balaban J connectivity index is 1.81. The van der Waals surface area contributed by atoms with Crippen molar-refractivity contribution in [1.29, 1.82) is 0 Å². The fourth-order valence-electron chi connectivity index (χ4n) is 3.82. The minimum atomic E-state index is -3.82. The van der Waals surface area contributed by atoms with Crippen LogP contribution in [0.5, 0.6) is 5.75 Å². The zero-order valence-corrected chi connectivity index (χ0v) is 16.0. The first-order valence-corrected chi connectivity index (χ1v) is 10.6. The molecule has 0 spiro atoms. The summed E-state index contributed by atoms with van der Waals surface area (Å²) in [5, 5.41) is 0. The summed E-state index contributed by atoms with van der Waals surface area (Å²) in [5.41, 5.74) is 2.34. The Morgan fingerprint density at radius 3 is 2.52 bits per heavy atom. The quantitative estimate of drug-likeness (QED) is 0.810. The van der Waals surface area contributed by atoms with Gasteiger partial charge in [0.15, 0.2) is 0 Å². The van der Waals surface area contributed by atoms with Crippen LogP contribution >= 0.6 is 0 Å². The number of aryl methyl sites for hydroxylation is 1. The van der Waals surface area contributed by atoms with Crippen LogP contribution in [-0.4, -0.2) is 34.5 Å². The van der Waals surface area contributed by atoms with Crippen LogP contribution in [0.1, 0.15) is 24.8 Å². The van der Waals surface area contributed by atoms with Crippen molar-refractivity contribution in [2.45, 2.75) is 30.6 Å². The molecule has 0 saturated carbocycles. The molecule has 6 nitrogen and oxygen atoms in total. The lowest BCUT2D eigenvalue weighted by molar-refractivity contribution is -0.117. The molecule has 0 unspecified atom stereocenters. The van der Waals surface area contributed by atoms with Crippen LogP contribution in [-0.2, 0) is 21.2 Å². The molecule has 1 amide bonds. The SMILES string of the molecule is COc1ccc(N2CCCC2=O)cc1S(=O)(=O)N1CCCc2ccccc21. The van der Waals surface area contributed by atoms with Crippen LogP contribution in [0.15, 0.2) is 47.4 Å². The summed E-state index contributed by atoms with van der Waals surface area (Å²) in [6.45, 7) is 1.03. The normalized spacial score (nSPS) is 17.1. The van der Waals surface area contributed by atoms with Crippen LogP contribution in [0.2, 0.25) is 0 Å². The number of ether oxygens (including phenoxy) is 1. The lowest BCUT2D eigenvalue weighted by Gasteiger charge is -2.31. The molecule has 7 heteroatoms. The fraction of sp³-hybridized carbons (Fsp3) is 0.350. The molecular weight excluding hydrogens is 364 g/mol. The topological polar surface area (TPSA) is 66.9 Å². The highest BCUT2D eigenvalue weighted by Gasteiger charge is 2.32. The van der Waals surface area contributed by atoms with Crippen LogP contribution < -0.4 is 13.9 Å². The molecule has 2 aliphatic rings. The lowest BCUT2D eigenvalue weighted by atomic mass is 10.0. The number of carbonyl (C=O) groups excluding carboxylic acids is 1. The van der Waals surface area contributed by atoms with E-state index in [-0.39, 0.29) is 16.6 Å². The monoisotopic (exact) mass is 386 g/mol. The number of hydrogen-bond acceptors (Lipinski definition) is 4.